The van der Waals surface area contributed by atoms with E-state index >= 15 is 0 Å². The summed E-state index contributed by atoms with van der Waals surface area (Å²) in [6.07, 6.45) is -0.397. The van der Waals surface area contributed by atoms with Crippen LogP contribution in [0.25, 0.3) is 0 Å². The molecule has 0 bridgehead atoms. The molecule has 5 nitrogen and oxygen atoms in total. The quantitative estimate of drug-likeness (QED) is 0.770. The Morgan fingerprint density at radius 2 is 1.96 bits per heavy atom. The van der Waals surface area contributed by atoms with Crippen LogP contribution in [0.2, 0.25) is 5.02 Å². The predicted molar refractivity (Wildman–Crippen MR) is 93.9 cm³/mol. The molecule has 1 unspecified atom stereocenters. The zero-order valence-electron chi connectivity index (χ0n) is 13.8. The molecule has 0 radical (unpaired) electrons. The highest BCUT2D eigenvalue weighted by Gasteiger charge is 2.32. The van der Waals surface area contributed by atoms with E-state index in [1.807, 2.05) is 12.1 Å². The van der Waals surface area contributed by atoms with Gasteiger partial charge < -0.3 is 14.4 Å². The van der Waals surface area contributed by atoms with E-state index in [-0.39, 0.29) is 5.91 Å². The lowest BCUT2D eigenvalue weighted by Crippen LogP contribution is -2.44. The summed E-state index contributed by atoms with van der Waals surface area (Å²) in [5, 5.41) is 0.638. The van der Waals surface area contributed by atoms with Crippen LogP contribution in [-0.2, 0) is 16.0 Å². The van der Waals surface area contributed by atoms with Crippen LogP contribution in [0.4, 0.5) is 0 Å². The molecule has 25 heavy (non-hydrogen) atoms. The van der Waals surface area contributed by atoms with Crippen LogP contribution >= 0.6 is 11.6 Å². The minimum atomic E-state index is -0.789. The largest absolute Gasteiger partial charge is 0.492 e. The second-order valence-electron chi connectivity index (χ2n) is 5.82. The highest BCUT2D eigenvalue weighted by atomic mass is 35.5. The molecule has 1 aliphatic rings. The molecule has 0 aromatic heterocycles. The molecule has 1 heterocycles. The van der Waals surface area contributed by atoms with Crippen molar-refractivity contribution in [2.75, 3.05) is 20.2 Å². The number of carbonyl (C=O) groups excluding carboxylic acids is 2. The molecule has 3 rings (SSSR count). The molecular formula is C19H18ClNO4. The van der Waals surface area contributed by atoms with E-state index in [4.69, 9.17) is 21.1 Å². The van der Waals surface area contributed by atoms with Crippen molar-refractivity contribution in [1.82, 2.24) is 4.90 Å². The van der Waals surface area contributed by atoms with Crippen LogP contribution in [0.5, 0.6) is 5.75 Å². The maximum atomic E-state index is 12.5. The number of nitrogens with zero attached hydrogens (tertiary/aromatic N) is 1. The molecule has 0 aliphatic carbocycles. The van der Waals surface area contributed by atoms with Gasteiger partial charge in [0.1, 0.15) is 12.4 Å². The zero-order chi connectivity index (χ0) is 17.8. The van der Waals surface area contributed by atoms with Crippen molar-refractivity contribution in [3.05, 3.63) is 64.7 Å². The van der Waals surface area contributed by atoms with Crippen LogP contribution in [0, 0.1) is 0 Å². The van der Waals surface area contributed by atoms with Crippen LogP contribution in [0.15, 0.2) is 48.5 Å². The molecule has 0 saturated carbocycles. The van der Waals surface area contributed by atoms with E-state index in [2.05, 4.69) is 0 Å². The number of carbonyl (C=O) groups is 2. The van der Waals surface area contributed by atoms with Crippen LogP contribution < -0.4 is 4.74 Å². The van der Waals surface area contributed by atoms with Gasteiger partial charge in [-0.2, -0.15) is 0 Å². The van der Waals surface area contributed by atoms with Gasteiger partial charge in [-0.1, -0.05) is 29.8 Å². The van der Waals surface area contributed by atoms with Gasteiger partial charge in [0.2, 0.25) is 0 Å². The van der Waals surface area contributed by atoms with Gasteiger partial charge in [0.05, 0.1) is 12.1 Å². The smallest absolute Gasteiger partial charge is 0.339 e. The van der Waals surface area contributed by atoms with Gasteiger partial charge in [-0.3, -0.25) is 4.79 Å². The molecule has 2 aromatic rings. The van der Waals surface area contributed by atoms with E-state index in [0.717, 1.165) is 5.56 Å². The Morgan fingerprint density at radius 1 is 1.24 bits per heavy atom. The zero-order valence-corrected chi connectivity index (χ0v) is 14.5. The third kappa shape index (κ3) is 4.12. The Hall–Kier alpha value is -2.53. The number of esters is 1. The number of hydrogen-bond acceptors (Lipinski definition) is 4. The standard InChI is InChI=1S/C19H18ClNO4/c1-21(10-11-24-15-8-6-14(20)7-9-15)18(22)17-12-13-4-2-3-5-16(13)19(23)25-17/h2-9,17H,10-12H2,1H3. The molecule has 6 heteroatoms. The van der Waals surface area contributed by atoms with E-state index in [9.17, 15) is 9.59 Å². The number of benzene rings is 2. The number of likely N-dealkylation sites (N-methyl/N-ethyl adjacent to an activating group) is 1. The highest BCUT2D eigenvalue weighted by Crippen LogP contribution is 2.21. The van der Waals surface area contributed by atoms with Crippen LogP contribution in [0.1, 0.15) is 15.9 Å². The minimum absolute atomic E-state index is 0.234. The fourth-order valence-corrected chi connectivity index (χ4v) is 2.78. The number of fused-ring (bicyclic) bond motifs is 1. The lowest BCUT2D eigenvalue weighted by Gasteiger charge is -2.27. The average Bonchev–Trinajstić information content (AvgIpc) is 2.62. The fraction of sp³-hybridized carbons (Fsp3) is 0.263. The highest BCUT2D eigenvalue weighted by molar-refractivity contribution is 6.30. The normalized spacial score (nSPS) is 15.9. The summed E-state index contributed by atoms with van der Waals surface area (Å²) in [5.74, 6) is -0.00292. The van der Waals surface area contributed by atoms with Crippen molar-refractivity contribution in [3.63, 3.8) is 0 Å². The lowest BCUT2D eigenvalue weighted by atomic mass is 9.98. The Labute approximate surface area is 151 Å². The first-order valence-corrected chi connectivity index (χ1v) is 8.34. The van der Waals surface area contributed by atoms with Gasteiger partial charge in [0.25, 0.3) is 5.91 Å². The summed E-state index contributed by atoms with van der Waals surface area (Å²) in [6, 6.07) is 14.2. The second-order valence-corrected chi connectivity index (χ2v) is 6.25. The number of ether oxygens (including phenoxy) is 2. The summed E-state index contributed by atoms with van der Waals surface area (Å²) in [5.41, 5.74) is 1.36. The minimum Gasteiger partial charge on any atom is -0.492 e. The number of rotatable bonds is 5. The molecule has 2 aromatic carbocycles. The molecule has 1 aliphatic heterocycles. The van der Waals surface area contributed by atoms with E-state index in [1.165, 1.54) is 4.90 Å². The first-order chi connectivity index (χ1) is 12.0. The van der Waals surface area contributed by atoms with Crippen molar-refractivity contribution >= 4 is 23.5 Å². The Bertz CT molecular complexity index is 775. The lowest BCUT2D eigenvalue weighted by molar-refractivity contribution is -0.140. The van der Waals surface area contributed by atoms with Gasteiger partial charge in [-0.05, 0) is 35.9 Å². The maximum Gasteiger partial charge on any atom is 0.339 e. The molecule has 0 saturated heterocycles. The molecule has 1 amide bonds. The average molecular weight is 360 g/mol. The predicted octanol–water partition coefficient (Wildman–Crippen LogP) is 2.96. The van der Waals surface area contributed by atoms with E-state index < -0.39 is 12.1 Å². The van der Waals surface area contributed by atoms with Gasteiger partial charge in [0, 0.05) is 18.5 Å². The van der Waals surface area contributed by atoms with E-state index in [1.54, 1.807) is 43.4 Å². The first-order valence-electron chi connectivity index (χ1n) is 7.97. The number of cyclic esters (lactones) is 1. The van der Waals surface area contributed by atoms with Gasteiger partial charge in [-0.15, -0.1) is 0 Å². The van der Waals surface area contributed by atoms with E-state index in [0.29, 0.717) is 35.9 Å². The second kappa shape index (κ2) is 7.57. The van der Waals surface area contributed by atoms with Crippen molar-refractivity contribution in [1.29, 1.82) is 0 Å². The third-order valence-corrected chi connectivity index (χ3v) is 4.30. The molecule has 0 N–H and O–H groups in total. The Kier molecular flexibility index (Phi) is 5.24. The van der Waals surface area contributed by atoms with Crippen LogP contribution in [0.3, 0.4) is 0 Å². The SMILES string of the molecule is CN(CCOc1ccc(Cl)cc1)C(=O)C1Cc2ccccc2C(=O)O1. The van der Waals surface area contributed by atoms with Crippen molar-refractivity contribution in [3.8, 4) is 5.75 Å². The molecule has 1 atom stereocenters. The number of amides is 1. The van der Waals surface area contributed by atoms with Crippen LogP contribution in [-0.4, -0.2) is 43.1 Å². The number of halogens is 1. The molecular weight excluding hydrogens is 342 g/mol. The molecule has 0 fully saturated rings. The first kappa shape index (κ1) is 17.3. The Morgan fingerprint density at radius 3 is 2.72 bits per heavy atom. The summed E-state index contributed by atoms with van der Waals surface area (Å²) in [7, 11) is 1.67. The third-order valence-electron chi connectivity index (χ3n) is 4.05. The summed E-state index contributed by atoms with van der Waals surface area (Å²) in [6.45, 7) is 0.721. The summed E-state index contributed by atoms with van der Waals surface area (Å²) in [4.78, 5) is 26.1. The van der Waals surface area contributed by atoms with Crippen molar-refractivity contribution in [2.24, 2.45) is 0 Å². The summed E-state index contributed by atoms with van der Waals surface area (Å²) >= 11 is 5.82. The molecule has 0 spiro atoms. The van der Waals surface area contributed by atoms with Gasteiger partial charge in [-0.25, -0.2) is 4.79 Å². The monoisotopic (exact) mass is 359 g/mol. The topological polar surface area (TPSA) is 55.8 Å². The number of hydrogen-bond donors (Lipinski definition) is 0. The van der Waals surface area contributed by atoms with Gasteiger partial charge >= 0.3 is 5.97 Å². The van der Waals surface area contributed by atoms with Gasteiger partial charge in [0.15, 0.2) is 6.10 Å². The van der Waals surface area contributed by atoms with Crippen molar-refractivity contribution < 1.29 is 19.1 Å². The fourth-order valence-electron chi connectivity index (χ4n) is 2.66. The molecule has 130 valence electrons. The van der Waals surface area contributed by atoms with Crippen molar-refractivity contribution in [2.45, 2.75) is 12.5 Å². The Balaban J connectivity index is 1.54. The maximum absolute atomic E-state index is 12.5. The summed E-state index contributed by atoms with van der Waals surface area (Å²) < 4.78 is 10.9.